The van der Waals surface area contributed by atoms with Crippen LogP contribution in [0, 0.1) is 5.92 Å². The number of aliphatic imine (C=N–C) groups is 1. The first kappa shape index (κ1) is 24.9. The number of ether oxygens (including phenoxy) is 2. The highest BCUT2D eigenvalue weighted by Crippen LogP contribution is 2.41. The molecule has 3 aromatic rings. The lowest BCUT2D eigenvalue weighted by Crippen LogP contribution is -2.36. The lowest BCUT2D eigenvalue weighted by Gasteiger charge is -2.31. The lowest BCUT2D eigenvalue weighted by atomic mass is 9.75. The topological polar surface area (TPSA) is 130 Å². The number of aromatic nitrogens is 1. The third kappa shape index (κ3) is 4.80. The van der Waals surface area contributed by atoms with E-state index in [-0.39, 0.29) is 11.5 Å². The molecule has 0 bridgehead atoms. The Morgan fingerprint density at radius 1 is 1.03 bits per heavy atom. The summed E-state index contributed by atoms with van der Waals surface area (Å²) in [5.41, 5.74) is 4.05. The summed E-state index contributed by atoms with van der Waals surface area (Å²) in [6, 6.07) is 11.9. The van der Waals surface area contributed by atoms with Gasteiger partial charge >= 0.3 is 11.9 Å². The summed E-state index contributed by atoms with van der Waals surface area (Å²) in [4.78, 5) is 34.5. The molecule has 2 unspecified atom stereocenters. The van der Waals surface area contributed by atoms with Crippen molar-refractivity contribution in [2.24, 2.45) is 10.9 Å². The number of methoxy groups -OCH3 is 2. The molecule has 1 aromatic heterocycles. The number of phenols is 2. The zero-order valence-corrected chi connectivity index (χ0v) is 20.9. The minimum Gasteiger partial charge on any atom is -0.504 e. The second kappa shape index (κ2) is 10.2. The first-order valence-electron chi connectivity index (χ1n) is 11.0. The quantitative estimate of drug-likeness (QED) is 0.322. The molecule has 3 N–H and O–H groups in total. The van der Waals surface area contributed by atoms with E-state index >= 15 is 0 Å². The molecule has 0 saturated carbocycles. The lowest BCUT2D eigenvalue weighted by molar-refractivity contribution is -0.143. The van der Waals surface area contributed by atoms with Gasteiger partial charge in [-0.1, -0.05) is 12.1 Å². The van der Waals surface area contributed by atoms with Crippen molar-refractivity contribution in [3.63, 3.8) is 0 Å². The number of esters is 2. The molecule has 0 spiro atoms. The summed E-state index contributed by atoms with van der Waals surface area (Å²) in [5, 5.41) is 25.0. The first-order chi connectivity index (χ1) is 17.2. The van der Waals surface area contributed by atoms with E-state index in [9.17, 15) is 19.8 Å². The number of aromatic hydroxyl groups is 2. The molecule has 186 valence electrons. The molecule has 36 heavy (non-hydrogen) atoms. The molecule has 0 aliphatic carbocycles. The summed E-state index contributed by atoms with van der Waals surface area (Å²) >= 11 is 1.37. The fraction of sp³-hybridized carbons (Fsp3) is 0.231. The highest BCUT2D eigenvalue weighted by Gasteiger charge is 2.42. The first-order valence-corrected chi connectivity index (χ1v) is 11.9. The number of nitrogens with one attached hydrogen (secondary N) is 1. The van der Waals surface area contributed by atoms with Crippen LogP contribution in [0.3, 0.4) is 0 Å². The van der Waals surface area contributed by atoms with E-state index in [1.54, 1.807) is 19.9 Å². The summed E-state index contributed by atoms with van der Waals surface area (Å²) < 4.78 is 10.1. The van der Waals surface area contributed by atoms with Crippen LogP contribution in [0.4, 0.5) is 10.8 Å². The predicted octanol–water partition coefficient (Wildman–Crippen LogP) is 4.76. The number of hydrogen-bond donors (Lipinski definition) is 3. The van der Waals surface area contributed by atoms with Crippen LogP contribution in [0.5, 0.6) is 11.5 Å². The third-order valence-corrected chi connectivity index (χ3v) is 6.72. The second-order valence-electron chi connectivity index (χ2n) is 8.21. The van der Waals surface area contributed by atoms with E-state index in [2.05, 4.69) is 15.3 Å². The van der Waals surface area contributed by atoms with Gasteiger partial charge in [0.1, 0.15) is 5.92 Å². The van der Waals surface area contributed by atoms with Crippen molar-refractivity contribution in [3.05, 3.63) is 64.7 Å². The summed E-state index contributed by atoms with van der Waals surface area (Å²) in [7, 11) is 2.60. The number of allylic oxidation sites excluding steroid dienone is 1. The van der Waals surface area contributed by atoms with Gasteiger partial charge in [0.2, 0.25) is 0 Å². The SMILES string of the molecule is COC(=O)C1=C(C)N=C(C)C(C(=O)OC)C1c1cccc(Nc2nc(-c3ccc(O)c(O)c3)cs2)c1. The van der Waals surface area contributed by atoms with Crippen molar-refractivity contribution >= 4 is 39.8 Å². The highest BCUT2D eigenvalue weighted by atomic mass is 32.1. The standard InChI is InChI=1S/C26H25N3O6S/c1-13-21(24(32)34-3)23(22(14(2)27-13)25(33)35-4)16-6-5-7-17(10-16)28-26-29-18(12-36-26)15-8-9-19(30)20(31)11-15/h5-12,21,23,30-31H,1-4H3,(H,28,29). The predicted molar refractivity (Wildman–Crippen MR) is 137 cm³/mol. The Hall–Kier alpha value is -4.18. The van der Waals surface area contributed by atoms with Crippen molar-refractivity contribution in [2.45, 2.75) is 19.8 Å². The average molecular weight is 508 g/mol. The number of carbonyl (C=O) groups excluding carboxylic acids is 2. The van der Waals surface area contributed by atoms with Crippen LogP contribution in [0.15, 0.2) is 64.1 Å². The molecular formula is C26H25N3O6S. The molecule has 9 nitrogen and oxygen atoms in total. The van der Waals surface area contributed by atoms with E-state index in [1.807, 2.05) is 29.6 Å². The Bertz CT molecular complexity index is 1390. The number of benzene rings is 2. The van der Waals surface area contributed by atoms with Crippen molar-refractivity contribution in [3.8, 4) is 22.8 Å². The van der Waals surface area contributed by atoms with Gasteiger partial charge in [0.05, 0.1) is 25.5 Å². The Labute approximate surface area is 211 Å². The van der Waals surface area contributed by atoms with Gasteiger partial charge in [-0.3, -0.25) is 9.79 Å². The van der Waals surface area contributed by atoms with Crippen LogP contribution < -0.4 is 5.32 Å². The molecule has 4 rings (SSSR count). The van der Waals surface area contributed by atoms with E-state index in [0.29, 0.717) is 44.6 Å². The van der Waals surface area contributed by atoms with Gasteiger partial charge < -0.3 is 25.0 Å². The molecule has 0 fully saturated rings. The van der Waals surface area contributed by atoms with Crippen LogP contribution in [-0.2, 0) is 19.1 Å². The van der Waals surface area contributed by atoms with Gasteiger partial charge in [-0.25, -0.2) is 9.78 Å². The average Bonchev–Trinajstić information content (AvgIpc) is 3.33. The Kier molecular flexibility index (Phi) is 7.07. The fourth-order valence-electron chi connectivity index (χ4n) is 4.28. The minimum absolute atomic E-state index is 0.201. The van der Waals surface area contributed by atoms with Crippen molar-refractivity contribution in [2.75, 3.05) is 19.5 Å². The number of rotatable bonds is 6. The Morgan fingerprint density at radius 2 is 1.81 bits per heavy atom. The zero-order valence-electron chi connectivity index (χ0n) is 20.1. The second-order valence-corrected chi connectivity index (χ2v) is 9.07. The normalized spacial score (nSPS) is 17.4. The maximum atomic E-state index is 12.7. The molecular weight excluding hydrogens is 482 g/mol. The van der Waals surface area contributed by atoms with E-state index in [1.165, 1.54) is 37.7 Å². The van der Waals surface area contributed by atoms with Gasteiger partial charge in [-0.15, -0.1) is 11.3 Å². The van der Waals surface area contributed by atoms with E-state index in [0.717, 1.165) is 0 Å². The Morgan fingerprint density at radius 3 is 2.50 bits per heavy atom. The number of phenolic OH excluding ortho intramolecular Hbond substituents is 2. The molecule has 0 amide bonds. The third-order valence-electron chi connectivity index (χ3n) is 5.96. The molecule has 2 atom stereocenters. The number of thiazole rings is 1. The fourth-order valence-corrected chi connectivity index (χ4v) is 5.02. The van der Waals surface area contributed by atoms with Gasteiger partial charge in [-0.05, 0) is 49.7 Å². The van der Waals surface area contributed by atoms with Crippen LogP contribution in [0.1, 0.15) is 25.3 Å². The summed E-state index contributed by atoms with van der Waals surface area (Å²) in [6.45, 7) is 3.46. The van der Waals surface area contributed by atoms with E-state index in [4.69, 9.17) is 9.47 Å². The number of anilines is 2. The maximum Gasteiger partial charge on any atom is 0.336 e. The van der Waals surface area contributed by atoms with Crippen molar-refractivity contribution < 1.29 is 29.3 Å². The summed E-state index contributed by atoms with van der Waals surface area (Å²) in [6.07, 6.45) is 0. The molecule has 2 heterocycles. The van der Waals surface area contributed by atoms with Crippen LogP contribution in [-0.4, -0.2) is 47.1 Å². The molecule has 10 heteroatoms. The van der Waals surface area contributed by atoms with Gasteiger partial charge in [0.15, 0.2) is 16.6 Å². The van der Waals surface area contributed by atoms with Gasteiger partial charge in [-0.2, -0.15) is 0 Å². The van der Waals surface area contributed by atoms with Crippen LogP contribution >= 0.6 is 11.3 Å². The number of carbonyl (C=O) groups is 2. The van der Waals surface area contributed by atoms with Gasteiger partial charge in [0, 0.05) is 34.0 Å². The zero-order chi connectivity index (χ0) is 26.0. The highest BCUT2D eigenvalue weighted by molar-refractivity contribution is 7.14. The molecule has 2 aromatic carbocycles. The van der Waals surface area contributed by atoms with Crippen molar-refractivity contribution in [1.29, 1.82) is 0 Å². The largest absolute Gasteiger partial charge is 0.504 e. The smallest absolute Gasteiger partial charge is 0.336 e. The van der Waals surface area contributed by atoms with Crippen LogP contribution in [0.25, 0.3) is 11.3 Å². The number of hydrogen-bond acceptors (Lipinski definition) is 10. The van der Waals surface area contributed by atoms with E-state index < -0.39 is 23.8 Å². The van der Waals surface area contributed by atoms with Crippen LogP contribution in [0.2, 0.25) is 0 Å². The number of nitrogens with zero attached hydrogens (tertiary/aromatic N) is 2. The Balaban J connectivity index is 1.68. The monoisotopic (exact) mass is 507 g/mol. The molecule has 0 saturated heterocycles. The minimum atomic E-state index is -0.781. The molecule has 1 aliphatic rings. The molecule has 0 radical (unpaired) electrons. The van der Waals surface area contributed by atoms with Gasteiger partial charge in [0.25, 0.3) is 0 Å². The van der Waals surface area contributed by atoms with Crippen molar-refractivity contribution in [1.82, 2.24) is 4.98 Å². The maximum absolute atomic E-state index is 12.7. The summed E-state index contributed by atoms with van der Waals surface area (Å²) in [5.74, 6) is -2.89. The molecule has 1 aliphatic heterocycles.